The molecule has 0 saturated carbocycles. The van der Waals surface area contributed by atoms with Crippen LogP contribution in [0.5, 0.6) is 0 Å². The third-order valence-electron chi connectivity index (χ3n) is 4.47. The van der Waals surface area contributed by atoms with E-state index < -0.39 is 0 Å². The lowest BCUT2D eigenvalue weighted by molar-refractivity contribution is 0.273. The summed E-state index contributed by atoms with van der Waals surface area (Å²) in [4.78, 5) is 10.0. The Morgan fingerprint density at radius 1 is 1.33 bits per heavy atom. The molecule has 2 saturated heterocycles. The van der Waals surface area contributed by atoms with Crippen LogP contribution < -0.4 is 10.2 Å². The summed E-state index contributed by atoms with van der Waals surface area (Å²) in [7, 11) is 0. The third-order valence-corrected chi connectivity index (χ3v) is 5.42. The fourth-order valence-corrected chi connectivity index (χ4v) is 4.25. The third kappa shape index (κ3) is 3.96. The SMILES string of the molecule is CC(C)CNCc1csc(N2CCCN3CCCC3C2)n1. The number of aromatic nitrogens is 1. The van der Waals surface area contributed by atoms with Crippen LogP contribution in [0, 0.1) is 5.92 Å². The quantitative estimate of drug-likeness (QED) is 0.906. The highest BCUT2D eigenvalue weighted by Gasteiger charge is 2.29. The number of hydrogen-bond donors (Lipinski definition) is 1. The maximum absolute atomic E-state index is 4.85. The summed E-state index contributed by atoms with van der Waals surface area (Å²) in [5.74, 6) is 0.696. The second-order valence-corrected chi connectivity index (χ2v) is 7.61. The summed E-state index contributed by atoms with van der Waals surface area (Å²) in [5.41, 5.74) is 1.20. The van der Waals surface area contributed by atoms with Crippen molar-refractivity contribution in [3.63, 3.8) is 0 Å². The Balaban J connectivity index is 1.57. The highest BCUT2D eigenvalue weighted by Crippen LogP contribution is 2.27. The first-order chi connectivity index (χ1) is 10.2. The van der Waals surface area contributed by atoms with Crippen molar-refractivity contribution in [2.24, 2.45) is 5.92 Å². The van der Waals surface area contributed by atoms with Crippen molar-refractivity contribution < 1.29 is 0 Å². The van der Waals surface area contributed by atoms with E-state index in [4.69, 9.17) is 4.98 Å². The lowest BCUT2D eigenvalue weighted by atomic mass is 10.2. The molecule has 3 heterocycles. The molecule has 0 bridgehead atoms. The van der Waals surface area contributed by atoms with Crippen molar-refractivity contribution in [1.29, 1.82) is 0 Å². The van der Waals surface area contributed by atoms with Crippen LogP contribution >= 0.6 is 11.3 Å². The summed E-state index contributed by atoms with van der Waals surface area (Å²) >= 11 is 1.81. The Kier molecular flexibility index (Phi) is 5.14. The first kappa shape index (κ1) is 15.3. The van der Waals surface area contributed by atoms with Gasteiger partial charge >= 0.3 is 0 Å². The largest absolute Gasteiger partial charge is 0.346 e. The molecule has 21 heavy (non-hydrogen) atoms. The van der Waals surface area contributed by atoms with Gasteiger partial charge in [0.05, 0.1) is 5.69 Å². The van der Waals surface area contributed by atoms with Crippen molar-refractivity contribution >= 4 is 16.5 Å². The fourth-order valence-electron chi connectivity index (χ4n) is 3.39. The van der Waals surface area contributed by atoms with E-state index in [1.807, 2.05) is 11.3 Å². The molecule has 0 aromatic carbocycles. The van der Waals surface area contributed by atoms with Crippen LogP contribution in [-0.4, -0.2) is 48.6 Å². The van der Waals surface area contributed by atoms with Crippen molar-refractivity contribution in [3.05, 3.63) is 11.1 Å². The topological polar surface area (TPSA) is 31.4 Å². The van der Waals surface area contributed by atoms with Gasteiger partial charge in [0.25, 0.3) is 0 Å². The van der Waals surface area contributed by atoms with Crippen LogP contribution in [0.3, 0.4) is 0 Å². The summed E-state index contributed by atoms with van der Waals surface area (Å²) in [6.45, 7) is 11.4. The molecule has 2 aliphatic rings. The minimum absolute atomic E-state index is 0.696. The average Bonchev–Trinajstić information content (AvgIpc) is 3.04. The van der Waals surface area contributed by atoms with Gasteiger partial charge < -0.3 is 10.2 Å². The lowest BCUT2D eigenvalue weighted by Crippen LogP contribution is -2.36. The number of nitrogens with zero attached hydrogens (tertiary/aromatic N) is 3. The van der Waals surface area contributed by atoms with Gasteiger partial charge in [0, 0.05) is 37.6 Å². The van der Waals surface area contributed by atoms with Crippen LogP contribution in [-0.2, 0) is 6.54 Å². The number of anilines is 1. The van der Waals surface area contributed by atoms with Gasteiger partial charge in [-0.1, -0.05) is 13.8 Å². The smallest absolute Gasteiger partial charge is 0.185 e. The predicted molar refractivity (Wildman–Crippen MR) is 90.1 cm³/mol. The van der Waals surface area contributed by atoms with Gasteiger partial charge in [-0.15, -0.1) is 11.3 Å². The van der Waals surface area contributed by atoms with Crippen molar-refractivity contribution in [2.45, 2.75) is 45.7 Å². The zero-order valence-corrected chi connectivity index (χ0v) is 14.2. The van der Waals surface area contributed by atoms with Crippen molar-refractivity contribution in [1.82, 2.24) is 15.2 Å². The van der Waals surface area contributed by atoms with Crippen LogP contribution in [0.15, 0.2) is 5.38 Å². The summed E-state index contributed by atoms with van der Waals surface area (Å²) in [6.07, 6.45) is 4.02. The van der Waals surface area contributed by atoms with E-state index in [-0.39, 0.29) is 0 Å². The minimum atomic E-state index is 0.696. The second-order valence-electron chi connectivity index (χ2n) is 6.78. The van der Waals surface area contributed by atoms with Gasteiger partial charge in [0.2, 0.25) is 0 Å². The number of hydrogen-bond acceptors (Lipinski definition) is 5. The highest BCUT2D eigenvalue weighted by atomic mass is 32.1. The first-order valence-electron chi connectivity index (χ1n) is 8.36. The van der Waals surface area contributed by atoms with Gasteiger partial charge in [-0.05, 0) is 38.3 Å². The molecule has 0 radical (unpaired) electrons. The molecular formula is C16H28N4S. The maximum Gasteiger partial charge on any atom is 0.185 e. The van der Waals surface area contributed by atoms with Gasteiger partial charge in [-0.25, -0.2) is 4.98 Å². The number of rotatable bonds is 5. The minimum Gasteiger partial charge on any atom is -0.346 e. The van der Waals surface area contributed by atoms with E-state index in [1.54, 1.807) is 0 Å². The Labute approximate surface area is 132 Å². The van der Waals surface area contributed by atoms with Crippen LogP contribution in [0.1, 0.15) is 38.8 Å². The Morgan fingerprint density at radius 3 is 3.05 bits per heavy atom. The summed E-state index contributed by atoms with van der Waals surface area (Å²) < 4.78 is 0. The molecule has 2 fully saturated rings. The van der Waals surface area contributed by atoms with Gasteiger partial charge in [0.1, 0.15) is 0 Å². The molecule has 1 unspecified atom stereocenters. The van der Waals surface area contributed by atoms with Gasteiger partial charge in [-0.2, -0.15) is 0 Å². The molecule has 1 N–H and O–H groups in total. The van der Waals surface area contributed by atoms with Crippen molar-refractivity contribution in [2.75, 3.05) is 37.6 Å². The molecular weight excluding hydrogens is 280 g/mol. The molecule has 4 nitrogen and oxygen atoms in total. The van der Waals surface area contributed by atoms with E-state index in [2.05, 4.69) is 34.3 Å². The van der Waals surface area contributed by atoms with Crippen molar-refractivity contribution in [3.8, 4) is 0 Å². The Bertz CT molecular complexity index is 445. The van der Waals surface area contributed by atoms with Gasteiger partial charge in [0.15, 0.2) is 5.13 Å². The molecule has 0 aliphatic carbocycles. The zero-order chi connectivity index (χ0) is 14.7. The summed E-state index contributed by atoms with van der Waals surface area (Å²) in [5, 5.41) is 6.93. The molecule has 0 amide bonds. The number of nitrogens with one attached hydrogen (secondary N) is 1. The van der Waals surface area contributed by atoms with Crippen LogP contribution in [0.2, 0.25) is 0 Å². The van der Waals surface area contributed by atoms with Gasteiger partial charge in [-0.3, -0.25) is 4.90 Å². The van der Waals surface area contributed by atoms with Crippen LogP contribution in [0.25, 0.3) is 0 Å². The lowest BCUT2D eigenvalue weighted by Gasteiger charge is -2.25. The number of thiazole rings is 1. The fraction of sp³-hybridized carbons (Fsp3) is 0.812. The highest BCUT2D eigenvalue weighted by molar-refractivity contribution is 7.13. The number of fused-ring (bicyclic) bond motifs is 1. The average molecular weight is 308 g/mol. The zero-order valence-electron chi connectivity index (χ0n) is 13.3. The molecule has 5 heteroatoms. The second kappa shape index (κ2) is 7.07. The predicted octanol–water partition coefficient (Wildman–Crippen LogP) is 2.56. The summed E-state index contributed by atoms with van der Waals surface area (Å²) in [6, 6.07) is 0.763. The molecule has 1 aromatic rings. The molecule has 1 aromatic heterocycles. The van der Waals surface area contributed by atoms with Crippen LogP contribution in [0.4, 0.5) is 5.13 Å². The normalized spacial score (nSPS) is 23.6. The van der Waals surface area contributed by atoms with E-state index in [9.17, 15) is 0 Å². The Hall–Kier alpha value is -0.650. The van der Waals surface area contributed by atoms with E-state index in [0.29, 0.717) is 5.92 Å². The molecule has 1 atom stereocenters. The monoisotopic (exact) mass is 308 g/mol. The van der Waals surface area contributed by atoms with E-state index in [0.717, 1.165) is 19.1 Å². The molecule has 0 spiro atoms. The van der Waals surface area contributed by atoms with E-state index >= 15 is 0 Å². The standard InChI is InChI=1S/C16H28N4S/c1-13(2)9-17-10-14-12-21-16(18-14)20-8-4-7-19-6-3-5-15(19)11-20/h12-13,15,17H,3-11H2,1-2H3. The molecule has 2 aliphatic heterocycles. The maximum atomic E-state index is 4.85. The van der Waals surface area contributed by atoms with E-state index in [1.165, 1.54) is 56.3 Å². The molecule has 118 valence electrons. The Morgan fingerprint density at radius 2 is 2.19 bits per heavy atom. The first-order valence-corrected chi connectivity index (χ1v) is 9.24. The molecule has 3 rings (SSSR count).